The maximum absolute atomic E-state index is 12.6. The van der Waals surface area contributed by atoms with E-state index in [0.29, 0.717) is 22.9 Å². The second-order valence-corrected chi connectivity index (χ2v) is 7.47. The summed E-state index contributed by atoms with van der Waals surface area (Å²) in [6.07, 6.45) is -2.03. The van der Waals surface area contributed by atoms with Crippen molar-refractivity contribution in [1.29, 1.82) is 0 Å². The fourth-order valence-electron chi connectivity index (χ4n) is 2.88. The first-order valence-electron chi connectivity index (χ1n) is 8.49. The molecule has 0 saturated carbocycles. The number of hydrogen-bond donors (Lipinski definition) is 2. The molecule has 5 nitrogen and oxygen atoms in total. The summed E-state index contributed by atoms with van der Waals surface area (Å²) < 4.78 is 37.7. The van der Waals surface area contributed by atoms with Gasteiger partial charge in [0.25, 0.3) is 0 Å². The fourth-order valence-corrected chi connectivity index (χ4v) is 3.62. The van der Waals surface area contributed by atoms with Crippen LogP contribution in [0.2, 0.25) is 0 Å². The molecule has 1 saturated heterocycles. The van der Waals surface area contributed by atoms with Crippen molar-refractivity contribution in [2.75, 3.05) is 26.7 Å². The Kier molecular flexibility index (Phi) is 7.06. The molecule has 0 spiro atoms. The van der Waals surface area contributed by atoms with E-state index in [2.05, 4.69) is 39.4 Å². The first kappa shape index (κ1) is 20.0. The van der Waals surface area contributed by atoms with Crippen LogP contribution >= 0.6 is 11.3 Å². The molecule has 1 aliphatic rings. The van der Waals surface area contributed by atoms with Gasteiger partial charge in [-0.1, -0.05) is 0 Å². The molecule has 9 heteroatoms. The molecule has 1 aromatic heterocycles. The number of piperidine rings is 1. The molecule has 142 valence electrons. The Balaban J connectivity index is 1.78. The van der Waals surface area contributed by atoms with Gasteiger partial charge in [0.15, 0.2) is 11.7 Å². The summed E-state index contributed by atoms with van der Waals surface area (Å²) in [5, 5.41) is 7.73. The van der Waals surface area contributed by atoms with Crippen LogP contribution in [0.1, 0.15) is 37.4 Å². The lowest BCUT2D eigenvalue weighted by atomic mass is 9.97. The zero-order chi connectivity index (χ0) is 18.4. The molecule has 1 aromatic rings. The molecule has 1 aliphatic heterocycles. The zero-order valence-corrected chi connectivity index (χ0v) is 15.7. The molecule has 2 N–H and O–H groups in total. The van der Waals surface area contributed by atoms with Gasteiger partial charge >= 0.3 is 6.18 Å². The fraction of sp³-hybridized carbons (Fsp3) is 0.750. The van der Waals surface area contributed by atoms with E-state index in [-0.39, 0.29) is 6.54 Å². The van der Waals surface area contributed by atoms with Crippen molar-refractivity contribution in [2.24, 2.45) is 10.9 Å². The molecule has 1 unspecified atom stereocenters. The normalized spacial score (nSPS) is 20.1. The Morgan fingerprint density at radius 2 is 2.20 bits per heavy atom. The molecule has 1 fully saturated rings. The van der Waals surface area contributed by atoms with Crippen LogP contribution in [0.5, 0.6) is 0 Å². The first-order valence-corrected chi connectivity index (χ1v) is 9.37. The lowest BCUT2D eigenvalue weighted by Gasteiger charge is -2.35. The minimum atomic E-state index is -4.39. The highest BCUT2D eigenvalue weighted by Crippen LogP contribution is 2.29. The minimum absolute atomic E-state index is 0.225. The summed E-state index contributed by atoms with van der Waals surface area (Å²) in [5.41, 5.74) is -0.840. The molecule has 0 amide bonds. The Labute approximate surface area is 150 Å². The molecule has 0 aliphatic carbocycles. The zero-order valence-electron chi connectivity index (χ0n) is 14.9. The largest absolute Gasteiger partial charge is 0.434 e. The van der Waals surface area contributed by atoms with E-state index in [4.69, 9.17) is 0 Å². The van der Waals surface area contributed by atoms with Gasteiger partial charge in [0.1, 0.15) is 5.01 Å². The average molecular weight is 377 g/mol. The highest BCUT2D eigenvalue weighted by Gasteiger charge is 2.33. The molecular weight excluding hydrogens is 351 g/mol. The van der Waals surface area contributed by atoms with Gasteiger partial charge in [-0.15, -0.1) is 11.3 Å². The average Bonchev–Trinajstić information content (AvgIpc) is 3.04. The maximum atomic E-state index is 12.6. The van der Waals surface area contributed by atoms with Crippen molar-refractivity contribution < 1.29 is 13.2 Å². The van der Waals surface area contributed by atoms with Crippen molar-refractivity contribution in [3.8, 4) is 0 Å². The third kappa shape index (κ3) is 6.14. The summed E-state index contributed by atoms with van der Waals surface area (Å²) in [4.78, 5) is 10.2. The monoisotopic (exact) mass is 377 g/mol. The van der Waals surface area contributed by atoms with E-state index in [1.54, 1.807) is 7.05 Å². The van der Waals surface area contributed by atoms with E-state index in [1.807, 2.05) is 0 Å². The lowest BCUT2D eigenvalue weighted by Crippen LogP contribution is -2.45. The quantitative estimate of drug-likeness (QED) is 0.612. The molecule has 2 rings (SSSR count). The van der Waals surface area contributed by atoms with Crippen molar-refractivity contribution in [3.05, 3.63) is 16.1 Å². The van der Waals surface area contributed by atoms with Gasteiger partial charge in [0.2, 0.25) is 0 Å². The van der Waals surface area contributed by atoms with E-state index in [1.165, 1.54) is 12.8 Å². The molecule has 25 heavy (non-hydrogen) atoms. The van der Waals surface area contributed by atoms with Gasteiger partial charge in [-0.2, -0.15) is 13.2 Å². The van der Waals surface area contributed by atoms with Crippen LogP contribution in [0, 0.1) is 5.92 Å². The van der Waals surface area contributed by atoms with Gasteiger partial charge in [0, 0.05) is 31.6 Å². The van der Waals surface area contributed by atoms with Crippen molar-refractivity contribution in [3.63, 3.8) is 0 Å². The van der Waals surface area contributed by atoms with E-state index >= 15 is 0 Å². The Bertz CT molecular complexity index is 570. The number of hydrogen-bond acceptors (Lipinski definition) is 4. The summed E-state index contributed by atoms with van der Waals surface area (Å²) in [7, 11) is 1.65. The second-order valence-electron chi connectivity index (χ2n) is 6.53. The standard InChI is InChI=1S/C16H26F3N5S/c1-11(2)24-6-4-5-12(9-24)7-21-15(20-3)22-8-14-23-13(10-25-14)16(17,18)19/h10-12H,4-9H2,1-3H3,(H2,20,21,22). The maximum Gasteiger partial charge on any atom is 0.434 e. The Hall–Kier alpha value is -1.35. The highest BCUT2D eigenvalue weighted by atomic mass is 32.1. The summed E-state index contributed by atoms with van der Waals surface area (Å²) in [6, 6.07) is 0.549. The Morgan fingerprint density at radius 1 is 1.44 bits per heavy atom. The third-order valence-electron chi connectivity index (χ3n) is 4.31. The summed E-state index contributed by atoms with van der Waals surface area (Å²) >= 11 is 0.995. The smallest absolute Gasteiger partial charge is 0.356 e. The summed E-state index contributed by atoms with van der Waals surface area (Å²) in [5.74, 6) is 1.14. The number of thiazole rings is 1. The van der Waals surface area contributed by atoms with Gasteiger partial charge in [0.05, 0.1) is 6.54 Å². The van der Waals surface area contributed by atoms with Gasteiger partial charge in [-0.3, -0.25) is 4.99 Å². The van der Waals surface area contributed by atoms with Crippen LogP contribution in [0.4, 0.5) is 13.2 Å². The van der Waals surface area contributed by atoms with Gasteiger partial charge in [-0.05, 0) is 39.2 Å². The van der Waals surface area contributed by atoms with Gasteiger partial charge in [-0.25, -0.2) is 4.98 Å². The minimum Gasteiger partial charge on any atom is -0.356 e. The highest BCUT2D eigenvalue weighted by molar-refractivity contribution is 7.09. The van der Waals surface area contributed by atoms with Crippen molar-refractivity contribution in [1.82, 2.24) is 20.5 Å². The van der Waals surface area contributed by atoms with Crippen LogP contribution in [-0.2, 0) is 12.7 Å². The van der Waals surface area contributed by atoms with E-state index in [0.717, 1.165) is 36.4 Å². The number of nitrogens with one attached hydrogen (secondary N) is 2. The number of likely N-dealkylation sites (tertiary alicyclic amines) is 1. The van der Waals surface area contributed by atoms with Crippen molar-refractivity contribution in [2.45, 2.75) is 45.5 Å². The molecule has 2 heterocycles. The van der Waals surface area contributed by atoms with Crippen LogP contribution < -0.4 is 10.6 Å². The second kappa shape index (κ2) is 8.84. The first-order chi connectivity index (χ1) is 11.8. The third-order valence-corrected chi connectivity index (χ3v) is 5.16. The van der Waals surface area contributed by atoms with Crippen LogP contribution in [0.15, 0.2) is 10.4 Å². The number of aromatic nitrogens is 1. The molecule has 1 atom stereocenters. The van der Waals surface area contributed by atoms with Gasteiger partial charge < -0.3 is 15.5 Å². The van der Waals surface area contributed by atoms with Crippen molar-refractivity contribution >= 4 is 17.3 Å². The van der Waals surface area contributed by atoms with Crippen LogP contribution in [0.3, 0.4) is 0 Å². The van der Waals surface area contributed by atoms with E-state index in [9.17, 15) is 13.2 Å². The Morgan fingerprint density at radius 3 is 2.80 bits per heavy atom. The lowest BCUT2D eigenvalue weighted by molar-refractivity contribution is -0.140. The molecule has 0 aromatic carbocycles. The number of nitrogens with zero attached hydrogens (tertiary/aromatic N) is 3. The molecular formula is C16H26F3N5S. The number of guanidine groups is 1. The number of halogens is 3. The molecule has 0 radical (unpaired) electrons. The number of aliphatic imine (C=N–C) groups is 1. The van der Waals surface area contributed by atoms with E-state index < -0.39 is 11.9 Å². The summed E-state index contributed by atoms with van der Waals surface area (Å²) in [6.45, 7) is 7.65. The SMILES string of the molecule is CN=C(NCc1nc(C(F)(F)F)cs1)NCC1CCCN(C(C)C)C1. The number of alkyl halides is 3. The topological polar surface area (TPSA) is 52.6 Å². The van der Waals surface area contributed by atoms with Crippen LogP contribution in [-0.4, -0.2) is 48.6 Å². The molecule has 0 bridgehead atoms. The van der Waals surface area contributed by atoms with Crippen LogP contribution in [0.25, 0.3) is 0 Å². The number of rotatable bonds is 5. The predicted octanol–water partition coefficient (Wildman–Crippen LogP) is 2.95. The predicted molar refractivity (Wildman–Crippen MR) is 94.8 cm³/mol.